The first-order valence-electron chi connectivity index (χ1n) is 8.33. The first-order valence-corrected chi connectivity index (χ1v) is 8.33. The fourth-order valence-electron chi connectivity index (χ4n) is 3.45. The van der Waals surface area contributed by atoms with Crippen LogP contribution < -0.4 is 4.74 Å². The van der Waals surface area contributed by atoms with Crippen LogP contribution in [0.15, 0.2) is 48.5 Å². The quantitative estimate of drug-likeness (QED) is 0.886. The lowest BCUT2D eigenvalue weighted by molar-refractivity contribution is 0.0206. The first-order chi connectivity index (χ1) is 11.7. The van der Waals surface area contributed by atoms with Crippen molar-refractivity contribution in [3.8, 4) is 5.75 Å². The number of nitrogens with zero attached hydrogens (tertiary/aromatic N) is 1. The second-order valence-corrected chi connectivity index (χ2v) is 6.30. The van der Waals surface area contributed by atoms with Crippen LogP contribution in [0.25, 0.3) is 0 Å². The molecule has 0 amide bonds. The van der Waals surface area contributed by atoms with Gasteiger partial charge < -0.3 is 14.6 Å². The summed E-state index contributed by atoms with van der Waals surface area (Å²) < 4.78 is 10.5. The Balaban J connectivity index is 1.89. The average molecular weight is 327 g/mol. The Bertz CT molecular complexity index is 659. The van der Waals surface area contributed by atoms with Gasteiger partial charge in [-0.2, -0.15) is 0 Å². The van der Waals surface area contributed by atoms with Crippen LogP contribution in [0.2, 0.25) is 0 Å². The first kappa shape index (κ1) is 17.0. The van der Waals surface area contributed by atoms with Crippen LogP contribution in [-0.2, 0) is 17.7 Å². The summed E-state index contributed by atoms with van der Waals surface area (Å²) >= 11 is 0. The molecule has 0 unspecified atom stereocenters. The Kier molecular flexibility index (Phi) is 5.51. The molecule has 4 heteroatoms. The van der Waals surface area contributed by atoms with Gasteiger partial charge in [-0.05, 0) is 35.2 Å². The largest absolute Gasteiger partial charge is 0.497 e. The lowest BCUT2D eigenvalue weighted by Crippen LogP contribution is -2.40. The molecule has 0 radical (unpaired) electrons. The predicted molar refractivity (Wildman–Crippen MR) is 94.2 cm³/mol. The molecule has 128 valence electrons. The second-order valence-electron chi connectivity index (χ2n) is 6.30. The molecule has 3 rings (SSSR count). The molecular formula is C20H25NO3. The second kappa shape index (κ2) is 7.79. The summed E-state index contributed by atoms with van der Waals surface area (Å²) in [7, 11) is 3.31. The van der Waals surface area contributed by atoms with Crippen molar-refractivity contribution in [2.45, 2.75) is 25.1 Å². The minimum atomic E-state index is -0.492. The van der Waals surface area contributed by atoms with E-state index in [2.05, 4.69) is 41.3 Å². The minimum Gasteiger partial charge on any atom is -0.497 e. The minimum absolute atomic E-state index is 0.263. The van der Waals surface area contributed by atoms with E-state index in [4.69, 9.17) is 9.47 Å². The molecule has 0 spiro atoms. The molecular weight excluding hydrogens is 302 g/mol. The van der Waals surface area contributed by atoms with Crippen molar-refractivity contribution in [1.29, 1.82) is 0 Å². The fraction of sp³-hybridized carbons (Fsp3) is 0.400. The summed E-state index contributed by atoms with van der Waals surface area (Å²) in [6, 6.07) is 17.1. The van der Waals surface area contributed by atoms with Crippen LogP contribution >= 0.6 is 0 Å². The number of hydrogen-bond acceptors (Lipinski definition) is 4. The van der Waals surface area contributed by atoms with Crippen LogP contribution in [0, 0.1) is 0 Å². The molecule has 0 saturated carbocycles. The summed E-state index contributed by atoms with van der Waals surface area (Å²) in [6.45, 7) is 1.74. The molecule has 0 saturated heterocycles. The summed E-state index contributed by atoms with van der Waals surface area (Å²) in [5, 5.41) is 10.2. The van der Waals surface area contributed by atoms with E-state index in [0.29, 0.717) is 13.2 Å². The number of rotatable bonds is 6. The highest BCUT2D eigenvalue weighted by Gasteiger charge is 2.29. The van der Waals surface area contributed by atoms with E-state index in [0.717, 1.165) is 18.7 Å². The molecule has 0 bridgehead atoms. The Morgan fingerprint density at radius 2 is 1.92 bits per heavy atom. The van der Waals surface area contributed by atoms with Crippen molar-refractivity contribution < 1.29 is 14.6 Å². The highest BCUT2D eigenvalue weighted by Crippen LogP contribution is 2.34. The van der Waals surface area contributed by atoms with Crippen LogP contribution in [0.3, 0.4) is 0 Å². The molecule has 1 aliphatic heterocycles. The van der Waals surface area contributed by atoms with Crippen molar-refractivity contribution in [3.63, 3.8) is 0 Å². The number of β-amino-alcohol motifs (C(OH)–C–C–N with tert-alkyl or cyclic N) is 1. The van der Waals surface area contributed by atoms with Crippen molar-refractivity contribution in [2.75, 3.05) is 27.4 Å². The number of aliphatic hydroxyl groups is 1. The van der Waals surface area contributed by atoms with Gasteiger partial charge in [-0.15, -0.1) is 0 Å². The van der Waals surface area contributed by atoms with E-state index in [1.54, 1.807) is 14.2 Å². The SMILES string of the molecule is COC[C@H](O)CN1Cc2cc(OC)ccc2C[C@@H]1c1ccccc1. The Labute approximate surface area is 143 Å². The number of ether oxygens (including phenoxy) is 2. The van der Waals surface area contributed by atoms with E-state index in [-0.39, 0.29) is 6.04 Å². The van der Waals surface area contributed by atoms with Crippen molar-refractivity contribution in [1.82, 2.24) is 4.90 Å². The van der Waals surface area contributed by atoms with E-state index in [9.17, 15) is 5.11 Å². The lowest BCUT2D eigenvalue weighted by atomic mass is 9.89. The molecule has 0 aromatic heterocycles. The number of aliphatic hydroxyl groups excluding tert-OH is 1. The molecule has 2 atom stereocenters. The third kappa shape index (κ3) is 3.78. The van der Waals surface area contributed by atoms with Crippen LogP contribution in [0.4, 0.5) is 0 Å². The van der Waals surface area contributed by atoms with Crippen molar-refractivity contribution >= 4 is 0 Å². The molecule has 24 heavy (non-hydrogen) atoms. The maximum atomic E-state index is 10.2. The maximum Gasteiger partial charge on any atom is 0.119 e. The van der Waals surface area contributed by atoms with Gasteiger partial charge in [-0.25, -0.2) is 0 Å². The van der Waals surface area contributed by atoms with Crippen LogP contribution in [0.5, 0.6) is 5.75 Å². The Morgan fingerprint density at radius 1 is 1.12 bits per heavy atom. The lowest BCUT2D eigenvalue weighted by Gasteiger charge is -2.38. The Morgan fingerprint density at radius 3 is 2.62 bits per heavy atom. The number of fused-ring (bicyclic) bond motifs is 1. The normalized spacial score (nSPS) is 18.9. The van der Waals surface area contributed by atoms with Gasteiger partial charge in [0.15, 0.2) is 0 Å². The van der Waals surface area contributed by atoms with E-state index in [1.807, 2.05) is 12.1 Å². The predicted octanol–water partition coefficient (Wildman–Crippen LogP) is 2.80. The maximum absolute atomic E-state index is 10.2. The molecule has 1 aliphatic rings. The van der Waals surface area contributed by atoms with Gasteiger partial charge in [0.2, 0.25) is 0 Å². The standard InChI is InChI=1S/C20H25NO3/c1-23-14-18(22)13-21-12-17-10-19(24-2)9-8-16(17)11-20(21)15-6-4-3-5-7-15/h3-10,18,20,22H,11-14H2,1-2H3/t18-,20-/m1/s1. The molecule has 1 heterocycles. The topological polar surface area (TPSA) is 41.9 Å². The van der Waals surface area contributed by atoms with Gasteiger partial charge in [0, 0.05) is 26.2 Å². The molecule has 0 aliphatic carbocycles. The summed E-state index contributed by atoms with van der Waals surface area (Å²) in [6.07, 6.45) is 0.441. The summed E-state index contributed by atoms with van der Waals surface area (Å²) in [5.74, 6) is 0.879. The smallest absolute Gasteiger partial charge is 0.119 e. The van der Waals surface area contributed by atoms with Gasteiger partial charge in [0.05, 0.1) is 19.8 Å². The van der Waals surface area contributed by atoms with Crippen molar-refractivity contribution in [3.05, 3.63) is 65.2 Å². The molecule has 4 nitrogen and oxygen atoms in total. The molecule has 2 aromatic rings. The zero-order valence-electron chi connectivity index (χ0n) is 14.3. The van der Waals surface area contributed by atoms with E-state index < -0.39 is 6.10 Å². The van der Waals surface area contributed by atoms with Crippen molar-refractivity contribution in [2.24, 2.45) is 0 Å². The Hall–Kier alpha value is -1.88. The summed E-state index contributed by atoms with van der Waals surface area (Å²) in [4.78, 5) is 2.33. The van der Waals surface area contributed by atoms with Gasteiger partial charge in [0.1, 0.15) is 5.75 Å². The van der Waals surface area contributed by atoms with Crippen LogP contribution in [0.1, 0.15) is 22.7 Å². The van der Waals surface area contributed by atoms with Gasteiger partial charge >= 0.3 is 0 Å². The fourth-order valence-corrected chi connectivity index (χ4v) is 3.45. The highest BCUT2D eigenvalue weighted by molar-refractivity contribution is 5.39. The summed E-state index contributed by atoms with van der Waals surface area (Å²) in [5.41, 5.74) is 3.90. The number of benzene rings is 2. The highest BCUT2D eigenvalue weighted by atomic mass is 16.5. The van der Waals surface area contributed by atoms with E-state index >= 15 is 0 Å². The third-order valence-electron chi connectivity index (χ3n) is 4.63. The third-order valence-corrected chi connectivity index (χ3v) is 4.63. The molecule has 0 fully saturated rings. The van der Waals surface area contributed by atoms with Gasteiger partial charge in [-0.3, -0.25) is 4.90 Å². The van der Waals surface area contributed by atoms with E-state index in [1.165, 1.54) is 16.7 Å². The number of hydrogen-bond donors (Lipinski definition) is 1. The zero-order chi connectivity index (χ0) is 16.9. The monoisotopic (exact) mass is 327 g/mol. The average Bonchev–Trinajstić information content (AvgIpc) is 2.61. The zero-order valence-corrected chi connectivity index (χ0v) is 14.3. The van der Waals surface area contributed by atoms with Gasteiger partial charge in [0.25, 0.3) is 0 Å². The number of methoxy groups -OCH3 is 2. The molecule has 1 N–H and O–H groups in total. The van der Waals surface area contributed by atoms with Crippen LogP contribution in [-0.4, -0.2) is 43.5 Å². The molecule has 2 aromatic carbocycles. The van der Waals surface area contributed by atoms with Gasteiger partial charge in [-0.1, -0.05) is 36.4 Å².